The van der Waals surface area contributed by atoms with Crippen molar-refractivity contribution in [2.45, 2.75) is 26.0 Å². The van der Waals surface area contributed by atoms with Crippen molar-refractivity contribution in [1.82, 2.24) is 29.5 Å². The predicted molar refractivity (Wildman–Crippen MR) is 170 cm³/mol. The van der Waals surface area contributed by atoms with Gasteiger partial charge in [0.2, 0.25) is 0 Å². The molecule has 1 aliphatic carbocycles. The minimum absolute atomic E-state index is 0.323. The van der Waals surface area contributed by atoms with Crippen LogP contribution >= 0.6 is 22.9 Å². The largest absolute Gasteiger partial charge is 0.487 e. The van der Waals surface area contributed by atoms with E-state index in [9.17, 15) is 0 Å². The fourth-order valence-corrected chi connectivity index (χ4v) is 7.23. The molecular weight excluding hydrogens is 580 g/mol. The maximum atomic E-state index is 9.14. The van der Waals surface area contributed by atoms with Gasteiger partial charge in [-0.05, 0) is 61.3 Å². The molecule has 0 spiro atoms. The zero-order valence-electron chi connectivity index (χ0n) is 23.9. The van der Waals surface area contributed by atoms with E-state index in [1.165, 1.54) is 21.7 Å². The monoisotopic (exact) mass is 610 g/mol. The van der Waals surface area contributed by atoms with Gasteiger partial charge in [0, 0.05) is 55.0 Å². The van der Waals surface area contributed by atoms with Crippen molar-refractivity contribution in [3.05, 3.63) is 82.4 Å². The number of hydrogen-bond acceptors (Lipinski definition) is 9. The van der Waals surface area contributed by atoms with Crippen LogP contribution in [0.1, 0.15) is 22.4 Å². The first-order chi connectivity index (χ1) is 21.0. The topological polar surface area (TPSA) is 95.1 Å². The second-order valence-electron chi connectivity index (χ2n) is 11.1. The van der Waals surface area contributed by atoms with Gasteiger partial charge in [0.05, 0.1) is 34.3 Å². The van der Waals surface area contributed by atoms with Crippen LogP contribution in [0.4, 0.5) is 11.5 Å². The van der Waals surface area contributed by atoms with Crippen LogP contribution in [0.3, 0.4) is 0 Å². The molecule has 5 aromatic rings. The fourth-order valence-electron chi connectivity index (χ4n) is 5.77. The molecule has 218 valence electrons. The van der Waals surface area contributed by atoms with Gasteiger partial charge in [0.1, 0.15) is 29.3 Å². The third-order valence-electron chi connectivity index (χ3n) is 8.17. The SMILES string of the molecule is CN1CCN(CCn2cc3c(n2)CCc2c-3sc3ncnc(Nc4ccc(OCc5cccc(C#N)c5)c(Cl)c4)c23)CC1. The number of halogens is 1. The minimum atomic E-state index is 0.323. The molecule has 1 N–H and O–H groups in total. The van der Waals surface area contributed by atoms with E-state index in [0.29, 0.717) is 22.9 Å². The number of hydrogen-bond donors (Lipinski definition) is 1. The van der Waals surface area contributed by atoms with Gasteiger partial charge in [-0.1, -0.05) is 23.7 Å². The van der Waals surface area contributed by atoms with Crippen LogP contribution in [0.25, 0.3) is 20.7 Å². The Morgan fingerprint density at radius 2 is 1.95 bits per heavy atom. The number of piperazine rings is 1. The van der Waals surface area contributed by atoms with Gasteiger partial charge in [0.15, 0.2) is 0 Å². The molecule has 7 rings (SSSR count). The molecule has 2 aliphatic rings. The molecular formula is C32H31ClN8OS. The van der Waals surface area contributed by atoms with Crippen LogP contribution in [-0.4, -0.2) is 69.3 Å². The number of anilines is 2. The van der Waals surface area contributed by atoms with Crippen LogP contribution in [0.2, 0.25) is 5.02 Å². The first kappa shape index (κ1) is 27.8. The Morgan fingerprint density at radius 3 is 2.79 bits per heavy atom. The number of fused-ring (bicyclic) bond motifs is 5. The quantitative estimate of drug-likeness (QED) is 0.237. The molecule has 0 radical (unpaired) electrons. The molecule has 4 heterocycles. The smallest absolute Gasteiger partial charge is 0.142 e. The molecule has 0 atom stereocenters. The van der Waals surface area contributed by atoms with Crippen molar-refractivity contribution < 1.29 is 4.74 Å². The Bertz CT molecular complexity index is 1840. The molecule has 9 nitrogen and oxygen atoms in total. The summed E-state index contributed by atoms with van der Waals surface area (Å²) in [6.45, 7) is 6.73. The number of aromatic nitrogens is 4. The van der Waals surface area contributed by atoms with Crippen LogP contribution in [-0.2, 0) is 26.0 Å². The maximum Gasteiger partial charge on any atom is 0.142 e. The Hall–Kier alpha value is -4.01. The highest BCUT2D eigenvalue weighted by Gasteiger charge is 2.26. The molecule has 1 saturated heterocycles. The highest BCUT2D eigenvalue weighted by atomic mass is 35.5. The summed E-state index contributed by atoms with van der Waals surface area (Å²) in [5.41, 5.74) is 5.99. The second-order valence-corrected chi connectivity index (χ2v) is 12.5. The number of nitrogens with zero attached hydrogens (tertiary/aromatic N) is 7. The Labute approximate surface area is 259 Å². The zero-order valence-corrected chi connectivity index (χ0v) is 25.5. The van der Waals surface area contributed by atoms with E-state index in [-0.39, 0.29) is 0 Å². The van der Waals surface area contributed by atoms with Gasteiger partial charge in [-0.2, -0.15) is 10.4 Å². The third-order valence-corrected chi connectivity index (χ3v) is 9.64. The van der Waals surface area contributed by atoms with Crippen LogP contribution in [0.15, 0.2) is 55.0 Å². The van der Waals surface area contributed by atoms with Crippen molar-refractivity contribution in [2.24, 2.45) is 0 Å². The third kappa shape index (κ3) is 5.82. The second kappa shape index (κ2) is 11.9. The van der Waals surface area contributed by atoms with Gasteiger partial charge in [-0.3, -0.25) is 9.58 Å². The average Bonchev–Trinajstić information content (AvgIpc) is 3.62. The van der Waals surface area contributed by atoms with Gasteiger partial charge < -0.3 is 15.0 Å². The van der Waals surface area contributed by atoms with E-state index in [0.717, 1.165) is 79.4 Å². The van der Waals surface area contributed by atoms with E-state index in [1.807, 2.05) is 36.4 Å². The van der Waals surface area contributed by atoms with E-state index in [1.54, 1.807) is 23.7 Å². The summed E-state index contributed by atoms with van der Waals surface area (Å²) >= 11 is 8.32. The van der Waals surface area contributed by atoms with Crippen molar-refractivity contribution in [3.63, 3.8) is 0 Å². The lowest BCUT2D eigenvalue weighted by atomic mass is 9.95. The summed E-state index contributed by atoms with van der Waals surface area (Å²) < 4.78 is 8.07. The van der Waals surface area contributed by atoms with E-state index >= 15 is 0 Å². The van der Waals surface area contributed by atoms with Crippen LogP contribution in [0, 0.1) is 11.3 Å². The van der Waals surface area contributed by atoms with Crippen molar-refractivity contribution >= 4 is 44.7 Å². The van der Waals surface area contributed by atoms with Gasteiger partial charge >= 0.3 is 0 Å². The van der Waals surface area contributed by atoms with E-state index in [2.05, 4.69) is 49.1 Å². The number of nitriles is 1. The highest BCUT2D eigenvalue weighted by molar-refractivity contribution is 7.22. The van der Waals surface area contributed by atoms with Crippen molar-refractivity contribution in [2.75, 3.05) is 45.1 Å². The zero-order chi connectivity index (χ0) is 29.3. The fraction of sp³-hybridized carbons (Fsp3) is 0.312. The summed E-state index contributed by atoms with van der Waals surface area (Å²) in [6.07, 6.45) is 5.63. The number of rotatable bonds is 8. The van der Waals surface area contributed by atoms with Gasteiger partial charge in [0.25, 0.3) is 0 Å². The summed E-state index contributed by atoms with van der Waals surface area (Å²) in [5, 5.41) is 19.1. The highest BCUT2D eigenvalue weighted by Crippen LogP contribution is 2.45. The number of aryl methyl sites for hydroxylation is 2. The molecule has 3 aromatic heterocycles. The molecule has 1 aliphatic heterocycles. The summed E-state index contributed by atoms with van der Waals surface area (Å²) in [4.78, 5) is 16.4. The molecule has 43 heavy (non-hydrogen) atoms. The van der Waals surface area contributed by atoms with Gasteiger partial charge in [-0.25, -0.2) is 9.97 Å². The normalized spacial score (nSPS) is 15.2. The maximum absolute atomic E-state index is 9.14. The lowest BCUT2D eigenvalue weighted by Gasteiger charge is -2.32. The summed E-state index contributed by atoms with van der Waals surface area (Å²) in [7, 11) is 2.19. The molecule has 0 bridgehead atoms. The first-order valence-corrected chi connectivity index (χ1v) is 15.7. The molecule has 1 fully saturated rings. The standard InChI is InChI=1S/C32H31ClN8OS/c1-39-9-11-40(12-10-39)13-14-41-18-25-27(38-41)7-6-24-29-31(35-20-36-32(29)43-30(24)25)37-23-5-8-28(26(33)16-23)42-19-22-4-2-3-21(15-22)17-34/h2-5,8,15-16,18,20H,6-7,9-14,19H2,1H3,(H,35,36,37). The average molecular weight is 611 g/mol. The molecule has 0 saturated carbocycles. The van der Waals surface area contributed by atoms with Gasteiger partial charge in [-0.15, -0.1) is 11.3 Å². The number of likely N-dealkylation sites (N-methyl/N-ethyl adjacent to an activating group) is 1. The number of thiophene rings is 1. The predicted octanol–water partition coefficient (Wildman–Crippen LogP) is 5.75. The summed E-state index contributed by atoms with van der Waals surface area (Å²) in [5.74, 6) is 1.35. The number of nitrogens with one attached hydrogen (secondary N) is 1. The lowest BCUT2D eigenvalue weighted by Crippen LogP contribution is -2.45. The molecule has 0 amide bonds. The van der Waals surface area contributed by atoms with Crippen molar-refractivity contribution in [3.8, 4) is 22.3 Å². The van der Waals surface area contributed by atoms with E-state index < -0.39 is 0 Å². The molecule has 2 aromatic carbocycles. The Morgan fingerprint density at radius 1 is 1.07 bits per heavy atom. The first-order valence-electron chi connectivity index (χ1n) is 14.5. The summed E-state index contributed by atoms with van der Waals surface area (Å²) in [6, 6.07) is 15.1. The van der Waals surface area contributed by atoms with Crippen LogP contribution in [0.5, 0.6) is 5.75 Å². The minimum Gasteiger partial charge on any atom is -0.487 e. The molecule has 11 heteroatoms. The van der Waals surface area contributed by atoms with Crippen molar-refractivity contribution in [1.29, 1.82) is 5.26 Å². The Balaban J connectivity index is 1.08. The number of ether oxygens (including phenoxy) is 1. The van der Waals surface area contributed by atoms with Crippen LogP contribution < -0.4 is 10.1 Å². The molecule has 0 unspecified atom stereocenters. The Kier molecular flexibility index (Phi) is 7.72. The van der Waals surface area contributed by atoms with E-state index in [4.69, 9.17) is 26.7 Å². The lowest BCUT2D eigenvalue weighted by molar-refractivity contribution is 0.148. The number of benzene rings is 2.